The number of aromatic amines is 2. The monoisotopic (exact) mass is 594 g/mol. The van der Waals surface area contributed by atoms with Crippen molar-refractivity contribution in [2.24, 2.45) is 0 Å². The molecule has 0 spiro atoms. The third kappa shape index (κ3) is 5.56. The molecule has 4 nitrogen and oxygen atoms in total. The second-order valence-corrected chi connectivity index (χ2v) is 11.0. The number of pyridine rings is 2. The van der Waals surface area contributed by atoms with Gasteiger partial charge in [0.15, 0.2) is 0 Å². The number of H-pyrrole nitrogens is 2. The standard InChI is InChI=1S/2C21H15NO/c2*23-21-20(16-11-5-2-6-12-16)19(15-9-3-1-4-10-15)17-13-7-8-14-18(17)22-21/h2*1-14H,(H,22,23). The Bertz CT molecular complexity index is 2210. The number of hydrogen-bond donors (Lipinski definition) is 2. The van der Waals surface area contributed by atoms with Crippen LogP contribution >= 0.6 is 0 Å². The van der Waals surface area contributed by atoms with Gasteiger partial charge in [-0.3, -0.25) is 9.59 Å². The van der Waals surface area contributed by atoms with Crippen molar-refractivity contribution >= 4 is 21.8 Å². The molecular weight excluding hydrogens is 564 g/mol. The number of rotatable bonds is 4. The minimum Gasteiger partial charge on any atom is -0.321 e. The summed E-state index contributed by atoms with van der Waals surface area (Å²) in [5.41, 5.74) is 8.95. The summed E-state index contributed by atoms with van der Waals surface area (Å²) in [5, 5.41) is 2.11. The first kappa shape index (κ1) is 28.5. The number of aromatic nitrogens is 2. The van der Waals surface area contributed by atoms with Gasteiger partial charge < -0.3 is 9.97 Å². The number of nitrogens with one attached hydrogen (secondary N) is 2. The van der Waals surface area contributed by atoms with Crippen LogP contribution in [0.4, 0.5) is 0 Å². The van der Waals surface area contributed by atoms with Gasteiger partial charge in [-0.05, 0) is 34.4 Å². The lowest BCUT2D eigenvalue weighted by atomic mass is 9.92. The SMILES string of the molecule is O=c1[nH]c2ccccc2c(-c2ccccc2)c1-c1ccccc1.O=c1[nH]c2ccccc2c(-c2ccccc2)c1-c1ccccc1. The molecule has 0 aliphatic heterocycles. The van der Waals surface area contributed by atoms with Crippen LogP contribution in [0.1, 0.15) is 0 Å². The Kier molecular flexibility index (Phi) is 7.91. The first-order valence-corrected chi connectivity index (χ1v) is 15.2. The molecule has 220 valence electrons. The summed E-state index contributed by atoms with van der Waals surface area (Å²) in [6.07, 6.45) is 0. The zero-order valence-corrected chi connectivity index (χ0v) is 25.0. The van der Waals surface area contributed by atoms with E-state index in [0.29, 0.717) is 0 Å². The van der Waals surface area contributed by atoms with E-state index in [1.165, 1.54) is 0 Å². The highest BCUT2D eigenvalue weighted by Crippen LogP contribution is 2.36. The van der Waals surface area contributed by atoms with E-state index in [-0.39, 0.29) is 11.1 Å². The molecule has 0 saturated carbocycles. The second-order valence-electron chi connectivity index (χ2n) is 11.0. The molecule has 2 heterocycles. The van der Waals surface area contributed by atoms with Crippen molar-refractivity contribution in [1.29, 1.82) is 0 Å². The first-order valence-electron chi connectivity index (χ1n) is 15.2. The quantitative estimate of drug-likeness (QED) is 0.213. The molecule has 8 rings (SSSR count). The van der Waals surface area contributed by atoms with E-state index in [1.54, 1.807) is 0 Å². The Morgan fingerprint density at radius 3 is 0.870 bits per heavy atom. The molecule has 0 amide bonds. The van der Waals surface area contributed by atoms with Crippen LogP contribution in [-0.4, -0.2) is 9.97 Å². The predicted octanol–water partition coefficient (Wildman–Crippen LogP) is 9.72. The van der Waals surface area contributed by atoms with Crippen molar-refractivity contribution in [1.82, 2.24) is 9.97 Å². The van der Waals surface area contributed by atoms with Crippen LogP contribution in [0.5, 0.6) is 0 Å². The van der Waals surface area contributed by atoms with Crippen molar-refractivity contribution in [3.63, 3.8) is 0 Å². The summed E-state index contributed by atoms with van der Waals surface area (Å²) in [4.78, 5) is 31.6. The van der Waals surface area contributed by atoms with Crippen molar-refractivity contribution < 1.29 is 0 Å². The highest BCUT2D eigenvalue weighted by atomic mass is 16.1. The molecule has 0 aliphatic carbocycles. The van der Waals surface area contributed by atoms with Crippen LogP contribution < -0.4 is 11.1 Å². The normalized spacial score (nSPS) is 10.8. The van der Waals surface area contributed by atoms with Crippen molar-refractivity contribution in [3.8, 4) is 44.5 Å². The summed E-state index contributed by atoms with van der Waals surface area (Å²) in [7, 11) is 0. The molecule has 0 saturated heterocycles. The van der Waals surface area contributed by atoms with E-state index in [2.05, 4.69) is 22.1 Å². The highest BCUT2D eigenvalue weighted by molar-refractivity contribution is 6.03. The molecule has 8 aromatic rings. The van der Waals surface area contributed by atoms with Crippen LogP contribution in [0.25, 0.3) is 66.3 Å². The van der Waals surface area contributed by atoms with E-state index >= 15 is 0 Å². The zero-order chi connectivity index (χ0) is 31.3. The molecule has 46 heavy (non-hydrogen) atoms. The smallest absolute Gasteiger partial charge is 0.256 e. The summed E-state index contributed by atoms with van der Waals surface area (Å²) in [5.74, 6) is 0. The average molecular weight is 595 g/mol. The van der Waals surface area contributed by atoms with E-state index in [1.807, 2.05) is 158 Å². The van der Waals surface area contributed by atoms with Crippen LogP contribution in [0.15, 0.2) is 179 Å². The van der Waals surface area contributed by atoms with Crippen LogP contribution in [0, 0.1) is 0 Å². The lowest BCUT2D eigenvalue weighted by Crippen LogP contribution is -2.11. The molecule has 0 fully saturated rings. The molecule has 0 atom stereocenters. The Balaban J connectivity index is 0.000000147. The van der Waals surface area contributed by atoms with Gasteiger partial charge in [0.1, 0.15) is 0 Å². The summed E-state index contributed by atoms with van der Waals surface area (Å²) < 4.78 is 0. The Morgan fingerprint density at radius 2 is 0.543 bits per heavy atom. The molecular formula is C42H30N2O2. The maximum Gasteiger partial charge on any atom is 0.256 e. The largest absolute Gasteiger partial charge is 0.321 e. The topological polar surface area (TPSA) is 65.7 Å². The first-order chi connectivity index (χ1) is 22.7. The molecule has 2 N–H and O–H groups in total. The van der Waals surface area contributed by atoms with Gasteiger partial charge in [0.2, 0.25) is 0 Å². The van der Waals surface area contributed by atoms with Gasteiger partial charge in [-0.2, -0.15) is 0 Å². The van der Waals surface area contributed by atoms with Gasteiger partial charge in [0, 0.05) is 32.9 Å². The van der Waals surface area contributed by atoms with Gasteiger partial charge in [-0.15, -0.1) is 0 Å². The van der Waals surface area contributed by atoms with E-state index in [0.717, 1.165) is 66.3 Å². The predicted molar refractivity (Wildman–Crippen MR) is 191 cm³/mol. The molecule has 4 heteroatoms. The number of para-hydroxylation sites is 2. The highest BCUT2D eigenvalue weighted by Gasteiger charge is 2.17. The molecule has 0 bridgehead atoms. The van der Waals surface area contributed by atoms with Gasteiger partial charge >= 0.3 is 0 Å². The summed E-state index contributed by atoms with van der Waals surface area (Å²) in [6.45, 7) is 0. The Labute approximate surface area is 266 Å². The number of hydrogen-bond acceptors (Lipinski definition) is 2. The van der Waals surface area contributed by atoms with Gasteiger partial charge in [0.05, 0.1) is 11.1 Å². The van der Waals surface area contributed by atoms with Crippen LogP contribution in [0.3, 0.4) is 0 Å². The minimum absolute atomic E-state index is 0.0613. The summed E-state index contributed by atoms with van der Waals surface area (Å²) in [6, 6.07) is 55.7. The van der Waals surface area contributed by atoms with E-state index in [9.17, 15) is 9.59 Å². The fraction of sp³-hybridized carbons (Fsp3) is 0. The lowest BCUT2D eigenvalue weighted by molar-refractivity contribution is 1.31. The minimum atomic E-state index is -0.0613. The van der Waals surface area contributed by atoms with Gasteiger partial charge in [0.25, 0.3) is 11.1 Å². The third-order valence-electron chi connectivity index (χ3n) is 8.09. The van der Waals surface area contributed by atoms with Crippen LogP contribution in [0.2, 0.25) is 0 Å². The molecule has 0 radical (unpaired) electrons. The third-order valence-corrected chi connectivity index (χ3v) is 8.09. The second kappa shape index (κ2) is 12.8. The molecule has 0 unspecified atom stereocenters. The zero-order valence-electron chi connectivity index (χ0n) is 25.0. The van der Waals surface area contributed by atoms with Crippen LogP contribution in [-0.2, 0) is 0 Å². The van der Waals surface area contributed by atoms with E-state index in [4.69, 9.17) is 0 Å². The maximum atomic E-state index is 12.8. The van der Waals surface area contributed by atoms with E-state index < -0.39 is 0 Å². The fourth-order valence-electron chi connectivity index (χ4n) is 6.06. The number of benzene rings is 6. The van der Waals surface area contributed by atoms with Crippen molar-refractivity contribution in [2.45, 2.75) is 0 Å². The van der Waals surface area contributed by atoms with Crippen molar-refractivity contribution in [2.75, 3.05) is 0 Å². The summed E-state index contributed by atoms with van der Waals surface area (Å²) >= 11 is 0. The lowest BCUT2D eigenvalue weighted by Gasteiger charge is -2.13. The maximum absolute atomic E-state index is 12.8. The number of fused-ring (bicyclic) bond motifs is 2. The molecule has 0 aliphatic rings. The molecule has 2 aromatic heterocycles. The molecule has 6 aromatic carbocycles. The average Bonchev–Trinajstić information content (AvgIpc) is 3.12. The Hall–Kier alpha value is -6.26. The fourth-order valence-corrected chi connectivity index (χ4v) is 6.06. The van der Waals surface area contributed by atoms with Gasteiger partial charge in [-0.1, -0.05) is 158 Å². The van der Waals surface area contributed by atoms with Gasteiger partial charge in [-0.25, -0.2) is 0 Å². The Morgan fingerprint density at radius 1 is 0.283 bits per heavy atom. The van der Waals surface area contributed by atoms with Crippen molar-refractivity contribution in [3.05, 3.63) is 191 Å².